The van der Waals surface area contributed by atoms with Crippen molar-refractivity contribution in [2.45, 2.75) is 102 Å². The van der Waals surface area contributed by atoms with Gasteiger partial charge in [0.2, 0.25) is 5.34 Å². The van der Waals surface area contributed by atoms with E-state index < -0.39 is 12.9 Å². The first-order chi connectivity index (χ1) is 13.0. The van der Waals surface area contributed by atoms with Crippen LogP contribution in [0.2, 0.25) is 0 Å². The highest BCUT2D eigenvalue weighted by atomic mass is 31.2. The summed E-state index contributed by atoms with van der Waals surface area (Å²) in [6.07, 6.45) is 19.0. The fourth-order valence-electron chi connectivity index (χ4n) is 3.72. The molecule has 0 rings (SSSR count). The van der Waals surface area contributed by atoms with Crippen molar-refractivity contribution in [3.8, 4) is 0 Å². The second kappa shape index (κ2) is 14.7. The van der Waals surface area contributed by atoms with Gasteiger partial charge >= 0.3 is 7.60 Å². The Labute approximate surface area is 174 Å². The van der Waals surface area contributed by atoms with E-state index in [1.165, 1.54) is 64.2 Å². The number of quaternary nitrogens is 1. The third kappa shape index (κ3) is 14.8. The number of unbranched alkanes of at least 4 members (excludes halogenated alkanes) is 13. The molecule has 0 fully saturated rings. The molecule has 1 unspecified atom stereocenters. The Kier molecular flexibility index (Phi) is 14.6. The third-order valence-corrected chi connectivity index (χ3v) is 6.70. The van der Waals surface area contributed by atoms with E-state index in [4.69, 9.17) is 0 Å². The molecule has 0 aromatic rings. The van der Waals surface area contributed by atoms with Gasteiger partial charge in [-0.15, -0.1) is 6.58 Å². The standard InChI is InChI=1S/C22H46NO4P/c1-5-6-7-8-9-10-11-12-13-14-15-16-17-18-19-20-22(24,28(25,26)27)21-23(2,3)4/h5,24H,1,6-21H2,2-4H3,(H-,25,26,27)/p+1. The lowest BCUT2D eigenvalue weighted by atomic mass is 10.0. The van der Waals surface area contributed by atoms with Crippen LogP contribution in [-0.4, -0.2) is 52.4 Å². The molecular formula is C22H47NO4P+. The van der Waals surface area contributed by atoms with Crippen molar-refractivity contribution >= 4 is 7.60 Å². The fourth-order valence-corrected chi connectivity index (χ4v) is 4.78. The molecule has 0 spiro atoms. The highest BCUT2D eigenvalue weighted by Gasteiger charge is 2.48. The Morgan fingerprint density at radius 2 is 1.14 bits per heavy atom. The van der Waals surface area contributed by atoms with Crippen LogP contribution in [0.5, 0.6) is 0 Å². The van der Waals surface area contributed by atoms with Crippen LogP contribution in [-0.2, 0) is 4.57 Å². The maximum absolute atomic E-state index is 11.7. The number of rotatable bonds is 19. The van der Waals surface area contributed by atoms with Crippen molar-refractivity contribution in [3.63, 3.8) is 0 Å². The van der Waals surface area contributed by atoms with Gasteiger partial charge in [-0.1, -0.05) is 76.7 Å². The largest absolute Gasteiger partial charge is 0.373 e. The van der Waals surface area contributed by atoms with E-state index in [1.54, 1.807) is 0 Å². The number of allylic oxidation sites excluding steroid dienone is 1. The van der Waals surface area contributed by atoms with Crippen LogP contribution in [0.1, 0.15) is 96.3 Å². The normalized spacial score (nSPS) is 14.8. The minimum atomic E-state index is -4.54. The van der Waals surface area contributed by atoms with Gasteiger partial charge in [0.1, 0.15) is 6.54 Å². The zero-order valence-corrected chi connectivity index (χ0v) is 19.6. The molecular weight excluding hydrogens is 373 g/mol. The highest BCUT2D eigenvalue weighted by Crippen LogP contribution is 2.52. The van der Waals surface area contributed by atoms with E-state index in [1.807, 2.05) is 27.2 Å². The SMILES string of the molecule is C=CCCCCCCCCCCCCCCCC(O)(C[N+](C)(C)C)P(=O)(O)O. The molecule has 168 valence electrons. The smallest absolute Gasteiger partial charge is 0.362 e. The Hall–Kier alpha value is -0.190. The number of hydrogen-bond donors (Lipinski definition) is 3. The van der Waals surface area contributed by atoms with E-state index in [0.717, 1.165) is 19.3 Å². The summed E-state index contributed by atoms with van der Waals surface area (Å²) >= 11 is 0. The molecule has 0 saturated carbocycles. The van der Waals surface area contributed by atoms with Crippen LogP contribution in [0, 0.1) is 0 Å². The van der Waals surface area contributed by atoms with E-state index in [2.05, 4.69) is 6.58 Å². The first kappa shape index (κ1) is 27.8. The van der Waals surface area contributed by atoms with Crippen molar-refractivity contribution in [3.05, 3.63) is 12.7 Å². The van der Waals surface area contributed by atoms with Gasteiger partial charge in [-0.05, 0) is 25.7 Å². The molecule has 0 heterocycles. The summed E-state index contributed by atoms with van der Waals surface area (Å²) in [7, 11) is 0.974. The summed E-state index contributed by atoms with van der Waals surface area (Å²) in [5.41, 5.74) is 0. The summed E-state index contributed by atoms with van der Waals surface area (Å²) in [5.74, 6) is 0. The van der Waals surface area contributed by atoms with E-state index >= 15 is 0 Å². The second-order valence-corrected chi connectivity index (χ2v) is 11.3. The molecule has 0 amide bonds. The molecule has 3 N–H and O–H groups in total. The topological polar surface area (TPSA) is 77.8 Å². The van der Waals surface area contributed by atoms with Crippen LogP contribution in [0.4, 0.5) is 0 Å². The summed E-state index contributed by atoms with van der Waals surface area (Å²) < 4.78 is 12.1. The minimum Gasteiger partial charge on any atom is -0.373 e. The summed E-state index contributed by atoms with van der Waals surface area (Å²) in [6.45, 7) is 3.81. The van der Waals surface area contributed by atoms with Gasteiger partial charge in [0, 0.05) is 0 Å². The zero-order valence-electron chi connectivity index (χ0n) is 18.7. The first-order valence-corrected chi connectivity index (χ1v) is 12.8. The van der Waals surface area contributed by atoms with E-state index in [0.29, 0.717) is 10.9 Å². The lowest BCUT2D eigenvalue weighted by molar-refractivity contribution is -0.875. The molecule has 0 saturated heterocycles. The Morgan fingerprint density at radius 1 is 0.786 bits per heavy atom. The maximum Gasteiger partial charge on any atom is 0.362 e. The van der Waals surface area contributed by atoms with Gasteiger partial charge in [0.25, 0.3) is 0 Å². The number of aliphatic hydroxyl groups is 1. The fraction of sp³-hybridized carbons (Fsp3) is 0.909. The monoisotopic (exact) mass is 420 g/mol. The van der Waals surface area contributed by atoms with Crippen molar-refractivity contribution < 1.29 is 23.9 Å². The van der Waals surface area contributed by atoms with Crippen molar-refractivity contribution in [1.29, 1.82) is 0 Å². The zero-order chi connectivity index (χ0) is 21.5. The molecule has 0 aliphatic carbocycles. The molecule has 28 heavy (non-hydrogen) atoms. The van der Waals surface area contributed by atoms with E-state index in [-0.39, 0.29) is 13.0 Å². The number of hydrogen-bond acceptors (Lipinski definition) is 2. The predicted molar refractivity (Wildman–Crippen MR) is 119 cm³/mol. The Bertz CT molecular complexity index is 444. The average Bonchev–Trinajstić information content (AvgIpc) is 2.56. The molecule has 0 aromatic heterocycles. The van der Waals surface area contributed by atoms with Gasteiger partial charge in [-0.2, -0.15) is 0 Å². The molecule has 0 aromatic carbocycles. The molecule has 5 nitrogen and oxygen atoms in total. The lowest BCUT2D eigenvalue weighted by Crippen LogP contribution is -2.49. The summed E-state index contributed by atoms with van der Waals surface area (Å²) in [4.78, 5) is 19.1. The third-order valence-electron chi connectivity index (χ3n) is 5.26. The lowest BCUT2D eigenvalue weighted by Gasteiger charge is -2.35. The van der Waals surface area contributed by atoms with Crippen molar-refractivity contribution in [2.24, 2.45) is 0 Å². The minimum absolute atomic E-state index is 0.0610. The molecule has 1 atom stereocenters. The summed E-state index contributed by atoms with van der Waals surface area (Å²) in [6, 6.07) is 0. The number of likely N-dealkylation sites (N-methyl/N-ethyl adjacent to an activating group) is 1. The summed E-state index contributed by atoms with van der Waals surface area (Å²) in [5, 5.41) is 8.60. The van der Waals surface area contributed by atoms with Gasteiger partial charge < -0.3 is 19.4 Å². The van der Waals surface area contributed by atoms with Gasteiger partial charge in [-0.3, -0.25) is 4.57 Å². The molecule has 0 aliphatic heterocycles. The van der Waals surface area contributed by atoms with Crippen LogP contribution in [0.25, 0.3) is 0 Å². The van der Waals surface area contributed by atoms with Gasteiger partial charge in [0.15, 0.2) is 0 Å². The second-order valence-electron chi connectivity index (χ2n) is 9.40. The molecule has 6 heteroatoms. The van der Waals surface area contributed by atoms with Crippen LogP contribution < -0.4 is 0 Å². The van der Waals surface area contributed by atoms with Gasteiger partial charge in [-0.25, -0.2) is 0 Å². The number of nitrogens with zero attached hydrogens (tertiary/aromatic N) is 1. The quantitative estimate of drug-likeness (QED) is 0.110. The van der Waals surface area contributed by atoms with Crippen LogP contribution >= 0.6 is 7.60 Å². The van der Waals surface area contributed by atoms with Gasteiger partial charge in [0.05, 0.1) is 21.1 Å². The maximum atomic E-state index is 11.7. The Morgan fingerprint density at radius 3 is 1.46 bits per heavy atom. The van der Waals surface area contributed by atoms with Crippen molar-refractivity contribution in [1.82, 2.24) is 0 Å². The van der Waals surface area contributed by atoms with Crippen LogP contribution in [0.3, 0.4) is 0 Å². The Balaban J connectivity index is 3.67. The molecule has 0 aliphatic rings. The van der Waals surface area contributed by atoms with Crippen LogP contribution in [0.15, 0.2) is 12.7 Å². The molecule has 0 radical (unpaired) electrons. The highest BCUT2D eigenvalue weighted by molar-refractivity contribution is 7.53. The predicted octanol–water partition coefficient (Wildman–Crippen LogP) is 5.60. The molecule has 0 bridgehead atoms. The first-order valence-electron chi connectivity index (χ1n) is 11.2. The van der Waals surface area contributed by atoms with Crippen molar-refractivity contribution in [2.75, 3.05) is 27.7 Å². The average molecular weight is 421 g/mol. The van der Waals surface area contributed by atoms with E-state index in [9.17, 15) is 19.5 Å².